The van der Waals surface area contributed by atoms with Crippen molar-refractivity contribution >= 4 is 17.5 Å². The number of hydrogen-bond acceptors (Lipinski definition) is 3. The molecule has 1 unspecified atom stereocenters. The predicted octanol–water partition coefficient (Wildman–Crippen LogP) is 4.70. The summed E-state index contributed by atoms with van der Waals surface area (Å²) in [5.74, 6) is 0.698. The first-order chi connectivity index (χ1) is 13.2. The maximum atomic E-state index is 12.6. The van der Waals surface area contributed by atoms with Crippen molar-refractivity contribution in [2.24, 2.45) is 0 Å². The molecule has 1 amide bonds. The van der Waals surface area contributed by atoms with Gasteiger partial charge in [0, 0.05) is 17.1 Å². The highest BCUT2D eigenvalue weighted by Gasteiger charge is 2.24. The zero-order chi connectivity index (χ0) is 19.1. The molecule has 27 heavy (non-hydrogen) atoms. The maximum Gasteiger partial charge on any atom is 0.251 e. The minimum atomic E-state index is -0.0767. The Morgan fingerprint density at radius 1 is 1.11 bits per heavy atom. The van der Waals surface area contributed by atoms with Crippen molar-refractivity contribution < 1.29 is 9.53 Å². The van der Waals surface area contributed by atoms with E-state index in [1.807, 2.05) is 37.3 Å². The molecular formula is C22H27ClN2O2. The summed E-state index contributed by atoms with van der Waals surface area (Å²) in [6.45, 7) is 5.16. The Balaban J connectivity index is 1.70. The fourth-order valence-corrected chi connectivity index (χ4v) is 3.83. The van der Waals surface area contributed by atoms with Gasteiger partial charge in [0.2, 0.25) is 0 Å². The van der Waals surface area contributed by atoms with E-state index in [-0.39, 0.29) is 11.9 Å². The van der Waals surface area contributed by atoms with Gasteiger partial charge in [-0.05, 0) is 68.8 Å². The predicted molar refractivity (Wildman–Crippen MR) is 110 cm³/mol. The number of carbonyl (C=O) groups is 1. The summed E-state index contributed by atoms with van der Waals surface area (Å²) in [5.41, 5.74) is 1.71. The van der Waals surface area contributed by atoms with E-state index in [1.165, 1.54) is 19.3 Å². The van der Waals surface area contributed by atoms with Crippen LogP contribution >= 0.6 is 11.6 Å². The molecule has 1 fully saturated rings. The number of halogens is 1. The van der Waals surface area contributed by atoms with Crippen LogP contribution in [0.15, 0.2) is 48.5 Å². The van der Waals surface area contributed by atoms with Gasteiger partial charge >= 0.3 is 0 Å². The van der Waals surface area contributed by atoms with Crippen molar-refractivity contribution in [3.63, 3.8) is 0 Å². The summed E-state index contributed by atoms with van der Waals surface area (Å²) < 4.78 is 5.44. The minimum Gasteiger partial charge on any atom is -0.494 e. The molecule has 1 aliphatic heterocycles. The number of amides is 1. The molecule has 0 bridgehead atoms. The van der Waals surface area contributed by atoms with Gasteiger partial charge in [-0.15, -0.1) is 0 Å². The van der Waals surface area contributed by atoms with Crippen molar-refractivity contribution in [3.8, 4) is 5.75 Å². The van der Waals surface area contributed by atoms with Gasteiger partial charge in [0.1, 0.15) is 5.75 Å². The first kappa shape index (κ1) is 19.7. The van der Waals surface area contributed by atoms with Crippen LogP contribution < -0.4 is 10.1 Å². The number of nitrogens with one attached hydrogen (secondary N) is 1. The SMILES string of the molecule is CCOc1ccc(C(=O)NCC(c2ccccc2Cl)N2CCCCC2)cc1. The molecule has 2 aromatic rings. The Hall–Kier alpha value is -2.04. The topological polar surface area (TPSA) is 41.6 Å². The first-order valence-electron chi connectivity index (χ1n) is 9.68. The fraction of sp³-hybridized carbons (Fsp3) is 0.409. The highest BCUT2D eigenvalue weighted by atomic mass is 35.5. The molecule has 1 saturated heterocycles. The normalized spacial score (nSPS) is 15.9. The van der Waals surface area contributed by atoms with Crippen LogP contribution in [0.2, 0.25) is 5.02 Å². The molecule has 0 radical (unpaired) electrons. The quantitative estimate of drug-likeness (QED) is 0.750. The number of hydrogen-bond donors (Lipinski definition) is 1. The molecule has 0 aromatic heterocycles. The number of carbonyl (C=O) groups excluding carboxylic acids is 1. The average molecular weight is 387 g/mol. The minimum absolute atomic E-state index is 0.0767. The van der Waals surface area contributed by atoms with Crippen LogP contribution in [0.3, 0.4) is 0 Å². The molecule has 2 aromatic carbocycles. The standard InChI is InChI=1S/C22H27ClN2O2/c1-2-27-18-12-10-17(11-13-18)22(26)24-16-21(25-14-6-3-7-15-25)19-8-4-5-9-20(19)23/h4-5,8-13,21H,2-3,6-7,14-16H2,1H3,(H,24,26). The Morgan fingerprint density at radius 2 is 1.81 bits per heavy atom. The lowest BCUT2D eigenvalue weighted by atomic mass is 10.0. The summed E-state index contributed by atoms with van der Waals surface area (Å²) in [4.78, 5) is 15.0. The molecule has 1 atom stereocenters. The second-order valence-corrected chi connectivity index (χ2v) is 7.21. The Kier molecular flexibility index (Phi) is 7.13. The molecule has 144 valence electrons. The zero-order valence-corrected chi connectivity index (χ0v) is 16.5. The second kappa shape index (κ2) is 9.77. The summed E-state index contributed by atoms with van der Waals surface area (Å²) in [6.07, 6.45) is 3.64. The van der Waals surface area contributed by atoms with Gasteiger partial charge in [0.25, 0.3) is 5.91 Å². The first-order valence-corrected chi connectivity index (χ1v) is 10.1. The summed E-state index contributed by atoms with van der Waals surface area (Å²) in [7, 11) is 0. The van der Waals surface area contributed by atoms with Crippen LogP contribution in [0.1, 0.15) is 48.1 Å². The van der Waals surface area contributed by atoms with Crippen LogP contribution in [0, 0.1) is 0 Å². The smallest absolute Gasteiger partial charge is 0.251 e. The van der Waals surface area contributed by atoms with E-state index in [0.717, 1.165) is 29.4 Å². The Bertz CT molecular complexity index is 742. The molecule has 1 heterocycles. The van der Waals surface area contributed by atoms with Gasteiger partial charge in [-0.3, -0.25) is 9.69 Å². The average Bonchev–Trinajstić information content (AvgIpc) is 2.71. The van der Waals surface area contributed by atoms with Crippen molar-refractivity contribution in [2.75, 3.05) is 26.2 Å². The van der Waals surface area contributed by atoms with E-state index in [4.69, 9.17) is 16.3 Å². The molecule has 3 rings (SSSR count). The number of likely N-dealkylation sites (tertiary alicyclic amines) is 1. The molecule has 4 nitrogen and oxygen atoms in total. The lowest BCUT2D eigenvalue weighted by Gasteiger charge is -2.35. The number of piperidine rings is 1. The van der Waals surface area contributed by atoms with E-state index < -0.39 is 0 Å². The van der Waals surface area contributed by atoms with Gasteiger partial charge < -0.3 is 10.1 Å². The van der Waals surface area contributed by atoms with Gasteiger partial charge in [-0.1, -0.05) is 36.2 Å². The lowest BCUT2D eigenvalue weighted by molar-refractivity contribution is 0.0924. The van der Waals surface area contributed by atoms with Crippen molar-refractivity contribution in [1.29, 1.82) is 0 Å². The van der Waals surface area contributed by atoms with Crippen LogP contribution in [0.5, 0.6) is 5.75 Å². The zero-order valence-electron chi connectivity index (χ0n) is 15.8. The summed E-state index contributed by atoms with van der Waals surface area (Å²) >= 11 is 6.46. The van der Waals surface area contributed by atoms with Gasteiger partial charge in [-0.2, -0.15) is 0 Å². The van der Waals surface area contributed by atoms with Gasteiger partial charge in [-0.25, -0.2) is 0 Å². The van der Waals surface area contributed by atoms with E-state index in [0.29, 0.717) is 18.7 Å². The molecule has 1 N–H and O–H groups in total. The van der Waals surface area contributed by atoms with Crippen molar-refractivity contribution in [2.45, 2.75) is 32.2 Å². The van der Waals surface area contributed by atoms with E-state index in [2.05, 4.69) is 16.3 Å². The van der Waals surface area contributed by atoms with Gasteiger partial charge in [0.05, 0.1) is 12.6 Å². The second-order valence-electron chi connectivity index (χ2n) is 6.80. The van der Waals surface area contributed by atoms with E-state index in [9.17, 15) is 4.79 Å². The van der Waals surface area contributed by atoms with Crippen LogP contribution in [0.4, 0.5) is 0 Å². The highest BCUT2D eigenvalue weighted by Crippen LogP contribution is 2.29. The van der Waals surface area contributed by atoms with Crippen LogP contribution in [-0.2, 0) is 0 Å². The number of rotatable bonds is 7. The Labute approximate surface area is 166 Å². The monoisotopic (exact) mass is 386 g/mol. The van der Waals surface area contributed by atoms with E-state index in [1.54, 1.807) is 12.1 Å². The third-order valence-corrected chi connectivity index (χ3v) is 5.32. The highest BCUT2D eigenvalue weighted by molar-refractivity contribution is 6.31. The van der Waals surface area contributed by atoms with Gasteiger partial charge in [0.15, 0.2) is 0 Å². The number of ether oxygens (including phenoxy) is 1. The fourth-order valence-electron chi connectivity index (χ4n) is 3.57. The maximum absolute atomic E-state index is 12.6. The summed E-state index contributed by atoms with van der Waals surface area (Å²) in [5, 5.41) is 3.85. The van der Waals surface area contributed by atoms with Crippen LogP contribution in [-0.4, -0.2) is 37.0 Å². The molecule has 5 heteroatoms. The number of benzene rings is 2. The Morgan fingerprint density at radius 3 is 2.48 bits per heavy atom. The molecule has 1 aliphatic rings. The third kappa shape index (κ3) is 5.24. The third-order valence-electron chi connectivity index (χ3n) is 4.98. The largest absolute Gasteiger partial charge is 0.494 e. The van der Waals surface area contributed by atoms with E-state index >= 15 is 0 Å². The molecule has 0 saturated carbocycles. The van der Waals surface area contributed by atoms with Crippen molar-refractivity contribution in [1.82, 2.24) is 10.2 Å². The lowest BCUT2D eigenvalue weighted by Crippen LogP contribution is -2.40. The number of nitrogens with zero attached hydrogens (tertiary/aromatic N) is 1. The van der Waals surface area contributed by atoms with Crippen LogP contribution in [0.25, 0.3) is 0 Å². The summed E-state index contributed by atoms with van der Waals surface area (Å²) in [6, 6.07) is 15.3. The molecular weight excluding hydrogens is 360 g/mol. The molecule has 0 spiro atoms. The molecule has 0 aliphatic carbocycles. The van der Waals surface area contributed by atoms with Crippen molar-refractivity contribution in [3.05, 3.63) is 64.7 Å².